The summed E-state index contributed by atoms with van der Waals surface area (Å²) in [5.74, 6) is 0. The smallest absolute Gasteiger partial charge is 0.168 e. The van der Waals surface area contributed by atoms with Crippen LogP contribution in [0.1, 0.15) is 9.88 Å². The SMILES string of the molecule is C=NOCc1ncc(C)s1. The van der Waals surface area contributed by atoms with Gasteiger partial charge in [-0.05, 0) is 6.92 Å². The third-order valence-electron chi connectivity index (χ3n) is 0.948. The second-order valence-corrected chi connectivity index (χ2v) is 3.09. The van der Waals surface area contributed by atoms with Gasteiger partial charge in [0.1, 0.15) is 5.01 Å². The molecule has 0 unspecified atom stereocenters. The minimum atomic E-state index is 0.433. The van der Waals surface area contributed by atoms with Gasteiger partial charge in [-0.1, -0.05) is 0 Å². The van der Waals surface area contributed by atoms with Crippen molar-refractivity contribution in [1.82, 2.24) is 4.98 Å². The Hall–Kier alpha value is -0.900. The van der Waals surface area contributed by atoms with E-state index in [1.807, 2.05) is 13.1 Å². The zero-order valence-electron chi connectivity index (χ0n) is 5.70. The van der Waals surface area contributed by atoms with E-state index in [9.17, 15) is 0 Å². The molecule has 0 aliphatic carbocycles. The summed E-state index contributed by atoms with van der Waals surface area (Å²) in [5.41, 5.74) is 0. The third kappa shape index (κ3) is 1.80. The van der Waals surface area contributed by atoms with Crippen molar-refractivity contribution in [2.24, 2.45) is 5.16 Å². The van der Waals surface area contributed by atoms with Gasteiger partial charge >= 0.3 is 0 Å². The Kier molecular flexibility index (Phi) is 2.39. The predicted octanol–water partition coefficient (Wildman–Crippen LogP) is 1.58. The zero-order chi connectivity index (χ0) is 7.40. The van der Waals surface area contributed by atoms with Crippen LogP contribution in [0, 0.1) is 6.92 Å². The average Bonchev–Trinajstić information content (AvgIpc) is 2.31. The molecule has 0 aliphatic heterocycles. The lowest BCUT2D eigenvalue weighted by atomic mass is 10.6. The summed E-state index contributed by atoms with van der Waals surface area (Å²) in [6.45, 7) is 5.62. The Morgan fingerprint density at radius 1 is 1.90 bits per heavy atom. The van der Waals surface area contributed by atoms with Crippen LogP contribution in [0.15, 0.2) is 11.4 Å². The molecule has 10 heavy (non-hydrogen) atoms. The maximum absolute atomic E-state index is 4.69. The summed E-state index contributed by atoms with van der Waals surface area (Å²) in [4.78, 5) is 9.94. The molecule has 0 radical (unpaired) electrons. The highest BCUT2D eigenvalue weighted by molar-refractivity contribution is 7.11. The predicted molar refractivity (Wildman–Crippen MR) is 41.2 cm³/mol. The van der Waals surface area contributed by atoms with Crippen molar-refractivity contribution in [3.63, 3.8) is 0 Å². The molecule has 0 aromatic carbocycles. The summed E-state index contributed by atoms with van der Waals surface area (Å²) in [5, 5.41) is 4.19. The maximum atomic E-state index is 4.69. The normalized spacial score (nSPS) is 9.30. The Morgan fingerprint density at radius 2 is 2.70 bits per heavy atom. The van der Waals surface area contributed by atoms with Crippen LogP contribution >= 0.6 is 11.3 Å². The summed E-state index contributed by atoms with van der Waals surface area (Å²) >= 11 is 1.60. The second-order valence-electron chi connectivity index (χ2n) is 1.77. The lowest BCUT2D eigenvalue weighted by molar-refractivity contribution is 0.133. The molecule has 1 heterocycles. The average molecular weight is 156 g/mol. The molecular formula is C6H8N2OS. The largest absolute Gasteiger partial charge is 0.389 e. The van der Waals surface area contributed by atoms with Gasteiger partial charge in [0, 0.05) is 17.8 Å². The van der Waals surface area contributed by atoms with Gasteiger partial charge < -0.3 is 4.84 Å². The Bertz CT molecular complexity index is 221. The van der Waals surface area contributed by atoms with Gasteiger partial charge in [0.25, 0.3) is 0 Å². The number of hydrogen-bond acceptors (Lipinski definition) is 4. The molecule has 0 atom stereocenters. The quantitative estimate of drug-likeness (QED) is 0.492. The van der Waals surface area contributed by atoms with Gasteiger partial charge in [-0.3, -0.25) is 0 Å². The van der Waals surface area contributed by atoms with Crippen molar-refractivity contribution in [3.05, 3.63) is 16.1 Å². The Labute approximate surface area is 63.3 Å². The number of aryl methyl sites for hydroxylation is 1. The van der Waals surface area contributed by atoms with Crippen molar-refractivity contribution in [3.8, 4) is 0 Å². The molecule has 0 amide bonds. The summed E-state index contributed by atoms with van der Waals surface area (Å²) < 4.78 is 0. The third-order valence-corrected chi connectivity index (χ3v) is 1.83. The van der Waals surface area contributed by atoms with Crippen LogP contribution in [-0.4, -0.2) is 11.7 Å². The fourth-order valence-corrected chi connectivity index (χ4v) is 1.26. The van der Waals surface area contributed by atoms with Crippen molar-refractivity contribution < 1.29 is 4.84 Å². The highest BCUT2D eigenvalue weighted by atomic mass is 32.1. The number of aromatic nitrogens is 1. The van der Waals surface area contributed by atoms with Gasteiger partial charge in [-0.2, -0.15) is 0 Å². The van der Waals surface area contributed by atoms with E-state index in [-0.39, 0.29) is 0 Å². The first-order valence-electron chi connectivity index (χ1n) is 2.82. The Morgan fingerprint density at radius 3 is 3.20 bits per heavy atom. The van der Waals surface area contributed by atoms with E-state index >= 15 is 0 Å². The molecule has 1 aromatic rings. The lowest BCUT2D eigenvalue weighted by Crippen LogP contribution is -1.82. The number of rotatable bonds is 3. The number of hydrogen-bond donors (Lipinski definition) is 0. The molecule has 54 valence electrons. The molecular weight excluding hydrogens is 148 g/mol. The zero-order valence-corrected chi connectivity index (χ0v) is 6.52. The van der Waals surface area contributed by atoms with Gasteiger partial charge in [0.05, 0.1) is 0 Å². The fourth-order valence-electron chi connectivity index (χ4n) is 0.569. The van der Waals surface area contributed by atoms with Crippen molar-refractivity contribution >= 4 is 18.1 Å². The van der Waals surface area contributed by atoms with E-state index in [1.165, 1.54) is 4.88 Å². The number of nitrogens with zero attached hydrogens (tertiary/aromatic N) is 2. The molecule has 0 fully saturated rings. The molecule has 0 saturated heterocycles. The standard InChI is InChI=1S/C6H8N2OS/c1-5-3-8-6(10-5)4-9-7-2/h3H,2,4H2,1H3. The monoisotopic (exact) mass is 156 g/mol. The van der Waals surface area contributed by atoms with E-state index in [0.717, 1.165) is 5.01 Å². The van der Waals surface area contributed by atoms with Crippen molar-refractivity contribution in [2.45, 2.75) is 13.5 Å². The molecule has 1 rings (SSSR count). The molecule has 3 nitrogen and oxygen atoms in total. The lowest BCUT2D eigenvalue weighted by Gasteiger charge is -1.90. The summed E-state index contributed by atoms with van der Waals surface area (Å²) in [7, 11) is 0. The van der Waals surface area contributed by atoms with Crippen LogP contribution < -0.4 is 0 Å². The van der Waals surface area contributed by atoms with Crippen molar-refractivity contribution in [1.29, 1.82) is 0 Å². The van der Waals surface area contributed by atoms with Gasteiger partial charge in [0.15, 0.2) is 6.61 Å². The van der Waals surface area contributed by atoms with Gasteiger partial charge in [-0.25, -0.2) is 4.98 Å². The minimum Gasteiger partial charge on any atom is -0.389 e. The molecule has 0 saturated carbocycles. The van der Waals surface area contributed by atoms with E-state index < -0.39 is 0 Å². The summed E-state index contributed by atoms with van der Waals surface area (Å²) in [6, 6.07) is 0. The number of oxime groups is 1. The topological polar surface area (TPSA) is 34.5 Å². The van der Waals surface area contributed by atoms with Crippen LogP contribution in [0.4, 0.5) is 0 Å². The molecule has 1 aromatic heterocycles. The van der Waals surface area contributed by atoms with E-state index in [4.69, 9.17) is 4.84 Å². The Balaban J connectivity index is 2.49. The van der Waals surface area contributed by atoms with Gasteiger partial charge in [-0.15, -0.1) is 16.5 Å². The van der Waals surface area contributed by atoms with Crippen LogP contribution in [-0.2, 0) is 11.4 Å². The highest BCUT2D eigenvalue weighted by Gasteiger charge is 1.96. The van der Waals surface area contributed by atoms with E-state index in [1.54, 1.807) is 11.3 Å². The summed E-state index contributed by atoms with van der Waals surface area (Å²) in [6.07, 6.45) is 1.81. The van der Waals surface area contributed by atoms with Crippen LogP contribution in [0.5, 0.6) is 0 Å². The molecule has 0 aliphatic rings. The molecule has 0 spiro atoms. The van der Waals surface area contributed by atoms with Gasteiger partial charge in [0.2, 0.25) is 0 Å². The number of thiazole rings is 1. The first-order chi connectivity index (χ1) is 4.83. The van der Waals surface area contributed by atoms with E-state index in [0.29, 0.717) is 6.61 Å². The van der Waals surface area contributed by atoms with E-state index in [2.05, 4.69) is 16.9 Å². The van der Waals surface area contributed by atoms with Crippen LogP contribution in [0.3, 0.4) is 0 Å². The fraction of sp³-hybridized carbons (Fsp3) is 0.333. The molecule has 0 bridgehead atoms. The highest BCUT2D eigenvalue weighted by Crippen LogP contribution is 2.11. The van der Waals surface area contributed by atoms with Crippen molar-refractivity contribution in [2.75, 3.05) is 0 Å². The minimum absolute atomic E-state index is 0.433. The first-order valence-corrected chi connectivity index (χ1v) is 3.64. The molecule has 0 N–H and O–H groups in total. The molecule has 4 heteroatoms. The van der Waals surface area contributed by atoms with Crippen LogP contribution in [0.25, 0.3) is 0 Å². The second kappa shape index (κ2) is 3.31. The maximum Gasteiger partial charge on any atom is 0.168 e. The van der Waals surface area contributed by atoms with Crippen LogP contribution in [0.2, 0.25) is 0 Å². The first kappa shape index (κ1) is 7.21.